The van der Waals surface area contributed by atoms with Gasteiger partial charge in [-0.25, -0.2) is 4.79 Å². The van der Waals surface area contributed by atoms with Crippen LogP contribution >= 0.6 is 12.6 Å². The third-order valence-corrected chi connectivity index (χ3v) is 1.67. The Kier molecular flexibility index (Phi) is 9.96. The van der Waals surface area contributed by atoms with Gasteiger partial charge in [-0.05, 0) is 0 Å². The first-order chi connectivity index (χ1) is 5.68. The molecule has 0 saturated heterocycles. The molecule has 7 heteroatoms. The van der Waals surface area contributed by atoms with Crippen LogP contribution in [0.25, 0.3) is 0 Å². The van der Waals surface area contributed by atoms with E-state index in [-0.39, 0.29) is 34.0 Å². The van der Waals surface area contributed by atoms with Crippen LogP contribution < -0.4 is 34.0 Å². The van der Waals surface area contributed by atoms with Gasteiger partial charge in [0.25, 0.3) is 0 Å². The maximum atomic E-state index is 10.3. The Hall–Kier alpha value is 0.120. The van der Waals surface area contributed by atoms with E-state index >= 15 is 0 Å². The number of halogens is 2. The number of nitrogens with zero attached hydrogens (tertiary/aromatic N) is 2. The highest BCUT2D eigenvalue weighted by molar-refractivity contribution is 7.96. The highest BCUT2D eigenvalue weighted by Gasteiger charge is 2.15. The smallest absolute Gasteiger partial charge is 0.364 e. The van der Waals surface area contributed by atoms with Crippen LogP contribution in [0.5, 0.6) is 0 Å². The second kappa shape index (κ2) is 8.43. The van der Waals surface area contributed by atoms with E-state index in [1.807, 2.05) is 24.1 Å². The van der Waals surface area contributed by atoms with Gasteiger partial charge in [0.05, 0.1) is 0 Å². The van der Waals surface area contributed by atoms with Crippen molar-refractivity contribution in [3.05, 3.63) is 0 Å². The Morgan fingerprint density at radius 2 is 2.14 bits per heavy atom. The topological polar surface area (TPSA) is 32.3 Å². The lowest BCUT2D eigenvalue weighted by atomic mass is 10.6. The van der Waals surface area contributed by atoms with Crippen LogP contribution in [0.15, 0.2) is 0 Å². The first-order valence-corrected chi connectivity index (χ1v) is 4.11. The molecule has 0 aromatic rings. The van der Waals surface area contributed by atoms with Gasteiger partial charge in [-0.3, -0.25) is 0 Å². The highest BCUT2D eigenvalue weighted by atomic mass is 79.9. The molecule has 0 spiro atoms. The fourth-order valence-electron chi connectivity index (χ4n) is 0.984. The van der Waals surface area contributed by atoms with E-state index in [9.17, 15) is 4.79 Å². The van der Waals surface area contributed by atoms with Crippen LogP contribution in [0.4, 0.5) is 4.79 Å². The van der Waals surface area contributed by atoms with Crippen LogP contribution in [0.1, 0.15) is 0 Å². The molecular weight excluding hydrogens is 336 g/mol. The van der Waals surface area contributed by atoms with Crippen LogP contribution in [-0.2, 0) is 4.74 Å². The van der Waals surface area contributed by atoms with E-state index in [0.29, 0.717) is 13.2 Å². The summed E-state index contributed by atoms with van der Waals surface area (Å²) >= 11 is 3.48. The quantitative estimate of drug-likeness (QED) is 0.313. The van der Waals surface area contributed by atoms with Crippen LogP contribution in [-0.4, -0.2) is 53.7 Å². The summed E-state index contributed by atoms with van der Waals surface area (Å²) in [6.45, 7) is 1.96. The van der Waals surface area contributed by atoms with Crippen molar-refractivity contribution >= 4 is 30.4 Å². The number of carbonyl (C=O) groups excluding carboxylic acids is 1. The van der Waals surface area contributed by atoms with Crippen molar-refractivity contribution < 1.29 is 52.6 Å². The molecule has 1 aliphatic heterocycles. The maximum absolute atomic E-state index is 10.3. The van der Waals surface area contributed by atoms with E-state index in [0.717, 1.165) is 6.67 Å². The molecular formula is C7H12Br2N2O2S. The molecule has 0 amide bonds. The minimum Gasteiger partial charge on any atom is -1.00 e. The second-order valence-corrected chi connectivity index (χ2v) is 2.99. The van der Waals surface area contributed by atoms with Gasteiger partial charge >= 0.3 is 12.0 Å². The highest BCUT2D eigenvalue weighted by Crippen LogP contribution is 1.87. The molecule has 1 rings (SSSR count). The molecule has 0 aliphatic carbocycles. The van der Waals surface area contributed by atoms with Crippen LogP contribution in [0.3, 0.4) is 0 Å². The summed E-state index contributed by atoms with van der Waals surface area (Å²) in [4.78, 5) is 10.3. The van der Waals surface area contributed by atoms with Gasteiger partial charge < -0.3 is 38.7 Å². The number of ether oxygens (including phenoxy) is 1. The summed E-state index contributed by atoms with van der Waals surface area (Å²) in [6, 6.07) is 0. The SMILES string of the molecule is C[N+]1=CC=[N+](CCOC(=O)S)C1.[Br-].[Br-]. The summed E-state index contributed by atoms with van der Waals surface area (Å²) in [5.41, 5.74) is 0. The van der Waals surface area contributed by atoms with E-state index in [2.05, 4.69) is 21.9 Å². The average molecular weight is 348 g/mol. The molecule has 0 N–H and O–H groups in total. The Bertz CT molecular complexity index is 256. The molecule has 1 heterocycles. The summed E-state index contributed by atoms with van der Waals surface area (Å²) in [6.07, 6.45) is 3.94. The average Bonchev–Trinajstić information content (AvgIpc) is 2.35. The van der Waals surface area contributed by atoms with E-state index in [1.54, 1.807) is 0 Å². The molecule has 0 saturated carbocycles. The molecule has 82 valence electrons. The lowest BCUT2D eigenvalue weighted by Gasteiger charge is -1.96. The molecule has 0 atom stereocenters. The van der Waals surface area contributed by atoms with Crippen LogP contribution in [0.2, 0.25) is 0 Å². The predicted molar refractivity (Wildman–Crippen MR) is 48.6 cm³/mol. The summed E-state index contributed by atoms with van der Waals surface area (Å²) < 4.78 is 8.77. The summed E-state index contributed by atoms with van der Waals surface area (Å²) in [5, 5.41) is -0.522. The Labute approximate surface area is 110 Å². The number of hydrogen-bond donors (Lipinski definition) is 1. The molecule has 0 fully saturated rings. The van der Waals surface area contributed by atoms with Crippen molar-refractivity contribution in [2.24, 2.45) is 0 Å². The standard InChI is InChI=1S/C7H11N2O2S.2BrH/c1-8-2-3-9(6-8)4-5-11-7(10)12;;/h2-3H,4-6H2,1H3;2*1H/q+1;;/p-1. The number of hydrogen-bond acceptors (Lipinski definition) is 2. The third kappa shape index (κ3) is 6.56. The molecule has 0 radical (unpaired) electrons. The van der Waals surface area contributed by atoms with Gasteiger partial charge in [-0.15, -0.1) is 0 Å². The van der Waals surface area contributed by atoms with Crippen molar-refractivity contribution in [2.75, 3.05) is 26.9 Å². The van der Waals surface area contributed by atoms with Gasteiger partial charge in [0, 0.05) is 0 Å². The Balaban J connectivity index is 0. The molecule has 0 unspecified atom stereocenters. The molecule has 14 heavy (non-hydrogen) atoms. The molecule has 0 aromatic heterocycles. The van der Waals surface area contributed by atoms with E-state index in [4.69, 9.17) is 0 Å². The minimum absolute atomic E-state index is 0. The van der Waals surface area contributed by atoms with E-state index in [1.165, 1.54) is 0 Å². The normalized spacial score (nSPS) is 13.3. The fourth-order valence-corrected chi connectivity index (χ4v) is 1.08. The van der Waals surface area contributed by atoms with Crippen molar-refractivity contribution in [3.63, 3.8) is 0 Å². The van der Waals surface area contributed by atoms with Crippen molar-refractivity contribution in [1.29, 1.82) is 0 Å². The predicted octanol–water partition coefficient (Wildman–Crippen LogP) is -6.17. The lowest BCUT2D eigenvalue weighted by molar-refractivity contribution is -0.699. The first-order valence-electron chi connectivity index (χ1n) is 3.67. The Morgan fingerprint density at radius 1 is 1.50 bits per heavy atom. The van der Waals surface area contributed by atoms with E-state index < -0.39 is 5.30 Å². The largest absolute Gasteiger partial charge is 1.00 e. The molecule has 1 aliphatic rings. The van der Waals surface area contributed by atoms with Crippen molar-refractivity contribution in [1.82, 2.24) is 0 Å². The van der Waals surface area contributed by atoms with Crippen molar-refractivity contribution in [2.45, 2.75) is 0 Å². The monoisotopic (exact) mass is 346 g/mol. The van der Waals surface area contributed by atoms with Gasteiger partial charge in [-0.1, -0.05) is 12.6 Å². The summed E-state index contributed by atoms with van der Waals surface area (Å²) in [5.74, 6) is 0. The van der Waals surface area contributed by atoms with Crippen molar-refractivity contribution in [3.8, 4) is 0 Å². The number of carbonyl (C=O) groups is 1. The maximum Gasteiger partial charge on any atom is 0.364 e. The van der Waals surface area contributed by atoms with Gasteiger partial charge in [0.2, 0.25) is 12.4 Å². The molecule has 4 nitrogen and oxygen atoms in total. The fraction of sp³-hybridized carbons (Fsp3) is 0.571. The molecule has 0 aromatic carbocycles. The minimum atomic E-state index is -0.522. The zero-order valence-electron chi connectivity index (χ0n) is 7.69. The second-order valence-electron chi connectivity index (χ2n) is 2.62. The number of thiol groups is 1. The van der Waals surface area contributed by atoms with Crippen LogP contribution in [0, 0.1) is 0 Å². The number of rotatable bonds is 3. The molecule has 0 bridgehead atoms. The first kappa shape index (κ1) is 16.5. The lowest BCUT2D eigenvalue weighted by Crippen LogP contribution is -3.00. The zero-order valence-corrected chi connectivity index (χ0v) is 11.8. The zero-order chi connectivity index (χ0) is 8.97. The third-order valence-electron chi connectivity index (χ3n) is 1.54. The van der Waals surface area contributed by atoms with Gasteiger partial charge in [0.1, 0.15) is 7.05 Å². The summed E-state index contributed by atoms with van der Waals surface area (Å²) in [7, 11) is 1.99. The van der Waals surface area contributed by atoms with Gasteiger partial charge in [-0.2, -0.15) is 9.15 Å². The Morgan fingerprint density at radius 3 is 2.57 bits per heavy atom. The van der Waals surface area contributed by atoms with Gasteiger partial charge in [0.15, 0.2) is 13.2 Å².